The highest BCUT2D eigenvalue weighted by molar-refractivity contribution is 5.71. The van der Waals surface area contributed by atoms with Crippen LogP contribution >= 0.6 is 0 Å². The van der Waals surface area contributed by atoms with Crippen molar-refractivity contribution in [3.05, 3.63) is 0 Å². The van der Waals surface area contributed by atoms with Gasteiger partial charge in [0.05, 0.1) is 0 Å². The van der Waals surface area contributed by atoms with Crippen LogP contribution in [0.5, 0.6) is 0 Å². The predicted octanol–water partition coefficient (Wildman–Crippen LogP) is 20.0. The second-order valence-corrected chi connectivity index (χ2v) is 21.7. The Morgan fingerprint density at radius 3 is 0.851 bits per heavy atom. The van der Waals surface area contributed by atoms with Crippen LogP contribution in [0.3, 0.4) is 0 Å². The summed E-state index contributed by atoms with van der Waals surface area (Å²) in [4.78, 5) is 38.2. The molecule has 6 nitrogen and oxygen atoms in total. The molecule has 1 unspecified atom stereocenters. The number of esters is 3. The summed E-state index contributed by atoms with van der Waals surface area (Å²) < 4.78 is 16.9. The minimum Gasteiger partial charge on any atom is -0.462 e. The van der Waals surface area contributed by atoms with Crippen molar-refractivity contribution in [1.82, 2.24) is 0 Å². The molecule has 0 aliphatic rings. The van der Waals surface area contributed by atoms with Gasteiger partial charge in [0.15, 0.2) is 6.10 Å². The molecule has 0 aliphatic carbocycles. The Morgan fingerprint density at radius 2 is 0.567 bits per heavy atom. The molecule has 0 aromatic heterocycles. The van der Waals surface area contributed by atoms with Gasteiger partial charge in [0, 0.05) is 19.3 Å². The molecule has 0 rings (SSSR count). The van der Waals surface area contributed by atoms with E-state index in [1.54, 1.807) is 0 Å². The molecular formula is C61H118O6. The van der Waals surface area contributed by atoms with Crippen LogP contribution < -0.4 is 0 Å². The van der Waals surface area contributed by atoms with E-state index in [1.807, 2.05) is 0 Å². The van der Waals surface area contributed by atoms with Crippen molar-refractivity contribution < 1.29 is 28.6 Å². The summed E-state index contributed by atoms with van der Waals surface area (Å²) >= 11 is 0. The smallest absolute Gasteiger partial charge is 0.306 e. The van der Waals surface area contributed by atoms with Crippen molar-refractivity contribution in [2.45, 2.75) is 349 Å². The average molecular weight is 948 g/mol. The van der Waals surface area contributed by atoms with Crippen LogP contribution in [0.15, 0.2) is 0 Å². The first-order valence-corrected chi connectivity index (χ1v) is 30.3. The molecule has 398 valence electrons. The fraction of sp³-hybridized carbons (Fsp3) is 0.951. The number of hydrogen-bond donors (Lipinski definition) is 0. The van der Waals surface area contributed by atoms with Crippen LogP contribution in [0.1, 0.15) is 343 Å². The van der Waals surface area contributed by atoms with Gasteiger partial charge in [-0.3, -0.25) is 14.4 Å². The van der Waals surface area contributed by atoms with Crippen LogP contribution in [0.25, 0.3) is 0 Å². The predicted molar refractivity (Wildman–Crippen MR) is 289 cm³/mol. The molecular weight excluding hydrogens is 829 g/mol. The maximum absolute atomic E-state index is 12.9. The van der Waals surface area contributed by atoms with Crippen LogP contribution in [0.2, 0.25) is 0 Å². The number of rotatable bonds is 55. The molecule has 0 saturated carbocycles. The Morgan fingerprint density at radius 1 is 0.313 bits per heavy atom. The standard InChI is InChI=1S/C61H118O6/c1-6-8-9-10-11-12-13-14-15-19-22-25-31-36-41-46-51-59(62)65-54-58(55-66-60(63)52-47-42-37-32-28-27-30-35-40-45-50-57(5)7-2)67-61(64)53-48-43-38-33-26-23-20-17-16-18-21-24-29-34-39-44-49-56(3)4/h56-58H,6-55H2,1-5H3/t57?,58-/m1/s1. The van der Waals surface area contributed by atoms with E-state index in [1.165, 1.54) is 231 Å². The van der Waals surface area contributed by atoms with Gasteiger partial charge in [0.25, 0.3) is 0 Å². The van der Waals surface area contributed by atoms with Crippen LogP contribution in [0, 0.1) is 11.8 Å². The lowest BCUT2D eigenvalue weighted by atomic mass is 9.99. The fourth-order valence-corrected chi connectivity index (χ4v) is 9.37. The molecule has 0 radical (unpaired) electrons. The van der Waals surface area contributed by atoms with Gasteiger partial charge < -0.3 is 14.2 Å². The molecule has 0 fully saturated rings. The molecule has 0 aromatic rings. The zero-order valence-electron chi connectivity index (χ0n) is 46.0. The molecule has 2 atom stereocenters. The molecule has 0 N–H and O–H groups in total. The van der Waals surface area contributed by atoms with E-state index in [-0.39, 0.29) is 31.1 Å². The molecule has 0 saturated heterocycles. The highest BCUT2D eigenvalue weighted by Crippen LogP contribution is 2.19. The van der Waals surface area contributed by atoms with Crippen LogP contribution in [-0.2, 0) is 28.6 Å². The van der Waals surface area contributed by atoms with Gasteiger partial charge in [-0.05, 0) is 31.1 Å². The number of hydrogen-bond acceptors (Lipinski definition) is 6. The quantitative estimate of drug-likeness (QED) is 0.0343. The van der Waals surface area contributed by atoms with Crippen LogP contribution in [-0.4, -0.2) is 37.2 Å². The lowest BCUT2D eigenvalue weighted by Gasteiger charge is -2.18. The zero-order valence-corrected chi connectivity index (χ0v) is 46.0. The first-order valence-electron chi connectivity index (χ1n) is 30.3. The Hall–Kier alpha value is -1.59. The topological polar surface area (TPSA) is 78.9 Å². The van der Waals surface area contributed by atoms with Gasteiger partial charge in [0.1, 0.15) is 13.2 Å². The highest BCUT2D eigenvalue weighted by atomic mass is 16.6. The van der Waals surface area contributed by atoms with E-state index in [2.05, 4.69) is 34.6 Å². The molecule has 0 heterocycles. The molecule has 67 heavy (non-hydrogen) atoms. The van der Waals surface area contributed by atoms with Gasteiger partial charge >= 0.3 is 17.9 Å². The SMILES string of the molecule is CCCCCCCCCCCCCCCCCCC(=O)OC[C@H](COC(=O)CCCCCCCCCCCCC(C)CC)OC(=O)CCCCCCCCCCCCCCCCCCC(C)C. The van der Waals surface area contributed by atoms with Crippen molar-refractivity contribution in [3.8, 4) is 0 Å². The fourth-order valence-electron chi connectivity index (χ4n) is 9.37. The molecule has 0 amide bonds. The third kappa shape index (κ3) is 53.6. The van der Waals surface area contributed by atoms with Gasteiger partial charge in [-0.2, -0.15) is 0 Å². The summed E-state index contributed by atoms with van der Waals surface area (Å²) in [5, 5.41) is 0. The highest BCUT2D eigenvalue weighted by Gasteiger charge is 2.19. The lowest BCUT2D eigenvalue weighted by molar-refractivity contribution is -0.167. The van der Waals surface area contributed by atoms with Gasteiger partial charge in [0.2, 0.25) is 0 Å². The summed E-state index contributed by atoms with van der Waals surface area (Å²) in [5.74, 6) is 0.885. The van der Waals surface area contributed by atoms with Gasteiger partial charge in [-0.1, -0.05) is 304 Å². The van der Waals surface area contributed by atoms with Crippen molar-refractivity contribution >= 4 is 17.9 Å². The summed E-state index contributed by atoms with van der Waals surface area (Å²) in [6, 6.07) is 0. The van der Waals surface area contributed by atoms with Crippen molar-refractivity contribution in [1.29, 1.82) is 0 Å². The molecule has 0 aromatic carbocycles. The average Bonchev–Trinajstić information content (AvgIpc) is 3.31. The van der Waals surface area contributed by atoms with Gasteiger partial charge in [-0.15, -0.1) is 0 Å². The number of carbonyl (C=O) groups is 3. The number of carbonyl (C=O) groups excluding carboxylic acids is 3. The lowest BCUT2D eigenvalue weighted by Crippen LogP contribution is -2.30. The second kappa shape index (κ2) is 53.8. The first-order chi connectivity index (χ1) is 32.8. The third-order valence-electron chi connectivity index (χ3n) is 14.3. The minimum absolute atomic E-state index is 0.0624. The zero-order chi connectivity index (χ0) is 48.9. The van der Waals surface area contributed by atoms with Crippen molar-refractivity contribution in [3.63, 3.8) is 0 Å². The number of ether oxygens (including phenoxy) is 3. The van der Waals surface area contributed by atoms with Crippen molar-refractivity contribution in [2.24, 2.45) is 11.8 Å². The largest absolute Gasteiger partial charge is 0.462 e. The Balaban J connectivity index is 4.29. The monoisotopic (exact) mass is 947 g/mol. The summed E-state index contributed by atoms with van der Waals surface area (Å²) in [7, 11) is 0. The maximum Gasteiger partial charge on any atom is 0.306 e. The first kappa shape index (κ1) is 65.4. The van der Waals surface area contributed by atoms with E-state index in [4.69, 9.17) is 14.2 Å². The Bertz CT molecular complexity index is 1030. The Kier molecular flexibility index (Phi) is 52.5. The van der Waals surface area contributed by atoms with Crippen molar-refractivity contribution in [2.75, 3.05) is 13.2 Å². The van der Waals surface area contributed by atoms with E-state index >= 15 is 0 Å². The third-order valence-corrected chi connectivity index (χ3v) is 14.3. The van der Waals surface area contributed by atoms with E-state index in [9.17, 15) is 14.4 Å². The molecule has 0 aliphatic heterocycles. The van der Waals surface area contributed by atoms with E-state index in [0.717, 1.165) is 69.6 Å². The summed E-state index contributed by atoms with van der Waals surface area (Å²) in [6.07, 6.45) is 58.0. The Labute approximate surface area is 418 Å². The maximum atomic E-state index is 12.9. The van der Waals surface area contributed by atoms with E-state index in [0.29, 0.717) is 19.3 Å². The molecule has 6 heteroatoms. The van der Waals surface area contributed by atoms with E-state index < -0.39 is 6.10 Å². The van der Waals surface area contributed by atoms with Crippen LogP contribution in [0.4, 0.5) is 0 Å². The minimum atomic E-state index is -0.763. The summed E-state index contributed by atoms with van der Waals surface area (Å²) in [5.41, 5.74) is 0. The number of unbranched alkanes of at least 4 members (excludes halogenated alkanes) is 39. The van der Waals surface area contributed by atoms with Gasteiger partial charge in [-0.25, -0.2) is 0 Å². The second-order valence-electron chi connectivity index (χ2n) is 21.7. The normalized spacial score (nSPS) is 12.4. The molecule has 0 spiro atoms. The summed E-state index contributed by atoms with van der Waals surface area (Å²) in [6.45, 7) is 11.5. The molecule has 0 bridgehead atoms.